The van der Waals surface area contributed by atoms with Crippen molar-refractivity contribution >= 4 is 28.5 Å². The Morgan fingerprint density at radius 3 is 2.79 bits per heavy atom. The number of rotatable bonds is 6. The first-order valence-corrected chi connectivity index (χ1v) is 7.58. The molecule has 0 radical (unpaired) electrons. The molecular formula is C16H18O2S. The highest BCUT2D eigenvalue weighted by molar-refractivity contribution is 7.98. The van der Waals surface area contributed by atoms with Gasteiger partial charge < -0.3 is 4.74 Å². The van der Waals surface area contributed by atoms with Crippen molar-refractivity contribution in [1.82, 2.24) is 0 Å². The number of hydrogen-bond donors (Lipinski definition) is 0. The van der Waals surface area contributed by atoms with Crippen molar-refractivity contribution in [2.75, 3.05) is 12.9 Å². The zero-order chi connectivity index (χ0) is 13.5. The quantitative estimate of drug-likeness (QED) is 0.587. The predicted molar refractivity (Wildman–Crippen MR) is 81.4 cm³/mol. The summed E-state index contributed by atoms with van der Waals surface area (Å²) in [6.45, 7) is 0. The van der Waals surface area contributed by atoms with Crippen LogP contribution in [0.25, 0.3) is 10.8 Å². The summed E-state index contributed by atoms with van der Waals surface area (Å²) < 4.78 is 4.62. The molecule has 2 rings (SSSR count). The number of ether oxygens (including phenoxy) is 1. The summed E-state index contributed by atoms with van der Waals surface area (Å²) in [7, 11) is 1.44. The summed E-state index contributed by atoms with van der Waals surface area (Å²) in [5.74, 6) is 1.85. The maximum Gasteiger partial charge on any atom is 0.305 e. The van der Waals surface area contributed by atoms with E-state index >= 15 is 0 Å². The van der Waals surface area contributed by atoms with Crippen molar-refractivity contribution in [2.24, 2.45) is 0 Å². The largest absolute Gasteiger partial charge is 0.469 e. The van der Waals surface area contributed by atoms with Gasteiger partial charge in [-0.05, 0) is 28.5 Å². The monoisotopic (exact) mass is 274 g/mol. The zero-order valence-corrected chi connectivity index (χ0v) is 11.9. The van der Waals surface area contributed by atoms with Crippen LogP contribution in [0.1, 0.15) is 18.4 Å². The Labute approximate surface area is 118 Å². The molecule has 0 unspecified atom stereocenters. The highest BCUT2D eigenvalue weighted by Gasteiger charge is 2.02. The lowest BCUT2D eigenvalue weighted by atomic mass is 10.1. The van der Waals surface area contributed by atoms with Gasteiger partial charge in [0.05, 0.1) is 7.11 Å². The van der Waals surface area contributed by atoms with E-state index in [-0.39, 0.29) is 5.97 Å². The molecule has 0 bridgehead atoms. The minimum Gasteiger partial charge on any atom is -0.469 e. The van der Waals surface area contributed by atoms with Gasteiger partial charge in [-0.15, -0.1) is 0 Å². The van der Waals surface area contributed by atoms with Crippen molar-refractivity contribution in [3.8, 4) is 0 Å². The van der Waals surface area contributed by atoms with Crippen LogP contribution in [0.4, 0.5) is 0 Å². The molecule has 2 aromatic carbocycles. The van der Waals surface area contributed by atoms with Crippen molar-refractivity contribution < 1.29 is 9.53 Å². The zero-order valence-electron chi connectivity index (χ0n) is 11.1. The molecule has 0 saturated carbocycles. The highest BCUT2D eigenvalue weighted by Crippen LogP contribution is 2.23. The second-order valence-corrected chi connectivity index (χ2v) is 5.48. The third kappa shape index (κ3) is 4.00. The number of carbonyl (C=O) groups is 1. The predicted octanol–water partition coefficient (Wildman–Crippen LogP) is 4.03. The molecule has 2 aromatic rings. The fourth-order valence-electron chi connectivity index (χ4n) is 2.02. The summed E-state index contributed by atoms with van der Waals surface area (Å²) in [6.07, 6.45) is 1.39. The molecule has 0 N–H and O–H groups in total. The molecule has 0 aromatic heterocycles. The minimum absolute atomic E-state index is 0.120. The lowest BCUT2D eigenvalue weighted by Crippen LogP contribution is -2.00. The Morgan fingerprint density at radius 1 is 1.16 bits per heavy atom. The van der Waals surface area contributed by atoms with Gasteiger partial charge in [0.2, 0.25) is 0 Å². The average Bonchev–Trinajstić information content (AvgIpc) is 2.46. The average molecular weight is 274 g/mol. The fourth-order valence-corrected chi connectivity index (χ4v) is 2.99. The van der Waals surface area contributed by atoms with Crippen molar-refractivity contribution in [1.29, 1.82) is 0 Å². The lowest BCUT2D eigenvalue weighted by molar-refractivity contribution is -0.140. The van der Waals surface area contributed by atoms with Gasteiger partial charge in [-0.2, -0.15) is 11.8 Å². The molecular weight excluding hydrogens is 256 g/mol. The number of benzene rings is 2. The summed E-state index contributed by atoms with van der Waals surface area (Å²) in [6, 6.07) is 14.9. The molecule has 0 amide bonds. The Kier molecular flexibility index (Phi) is 5.28. The van der Waals surface area contributed by atoms with Crippen molar-refractivity contribution in [3.05, 3.63) is 48.0 Å². The molecule has 0 saturated heterocycles. The van der Waals surface area contributed by atoms with Gasteiger partial charge in [0, 0.05) is 12.2 Å². The highest BCUT2D eigenvalue weighted by atomic mass is 32.2. The molecule has 3 heteroatoms. The summed E-state index contributed by atoms with van der Waals surface area (Å²) >= 11 is 1.87. The summed E-state index contributed by atoms with van der Waals surface area (Å²) in [5, 5.41) is 2.61. The van der Waals surface area contributed by atoms with Crippen LogP contribution in [0.3, 0.4) is 0 Å². The number of methoxy groups -OCH3 is 1. The van der Waals surface area contributed by atoms with Crippen LogP contribution in [0.2, 0.25) is 0 Å². The van der Waals surface area contributed by atoms with Gasteiger partial charge >= 0.3 is 5.97 Å². The molecule has 0 aliphatic heterocycles. The number of hydrogen-bond acceptors (Lipinski definition) is 3. The third-order valence-electron chi connectivity index (χ3n) is 3.03. The Balaban J connectivity index is 1.86. The fraction of sp³-hybridized carbons (Fsp3) is 0.312. The van der Waals surface area contributed by atoms with E-state index in [1.165, 1.54) is 23.4 Å². The van der Waals surface area contributed by atoms with Gasteiger partial charge in [-0.1, -0.05) is 42.5 Å². The SMILES string of the molecule is COC(=O)CCCSCc1cccc2ccccc12. The van der Waals surface area contributed by atoms with Crippen LogP contribution in [-0.2, 0) is 15.3 Å². The van der Waals surface area contributed by atoms with Crippen LogP contribution in [-0.4, -0.2) is 18.8 Å². The molecule has 2 nitrogen and oxygen atoms in total. The molecule has 0 fully saturated rings. The summed E-state index contributed by atoms with van der Waals surface area (Å²) in [4.78, 5) is 11.0. The Hall–Kier alpha value is -1.48. The normalized spacial score (nSPS) is 10.6. The first kappa shape index (κ1) is 13.9. The molecule has 19 heavy (non-hydrogen) atoms. The maximum absolute atomic E-state index is 11.0. The smallest absolute Gasteiger partial charge is 0.305 e. The molecule has 0 aliphatic rings. The first-order valence-electron chi connectivity index (χ1n) is 6.42. The van der Waals surface area contributed by atoms with Crippen LogP contribution in [0.15, 0.2) is 42.5 Å². The Morgan fingerprint density at radius 2 is 1.95 bits per heavy atom. The Bertz CT molecular complexity index is 546. The van der Waals surface area contributed by atoms with Crippen molar-refractivity contribution in [3.63, 3.8) is 0 Å². The second-order valence-electron chi connectivity index (χ2n) is 4.37. The van der Waals surface area contributed by atoms with E-state index in [9.17, 15) is 4.79 Å². The number of carbonyl (C=O) groups excluding carboxylic acids is 1. The molecule has 0 aliphatic carbocycles. The van der Waals surface area contributed by atoms with E-state index < -0.39 is 0 Å². The topological polar surface area (TPSA) is 26.3 Å². The van der Waals surface area contributed by atoms with Gasteiger partial charge in [-0.3, -0.25) is 4.79 Å². The van der Waals surface area contributed by atoms with Crippen LogP contribution >= 0.6 is 11.8 Å². The van der Waals surface area contributed by atoms with E-state index in [1.807, 2.05) is 11.8 Å². The van der Waals surface area contributed by atoms with E-state index in [0.717, 1.165) is 17.9 Å². The lowest BCUT2D eigenvalue weighted by Gasteiger charge is -2.06. The summed E-state index contributed by atoms with van der Waals surface area (Å²) in [5.41, 5.74) is 1.36. The van der Waals surface area contributed by atoms with Crippen LogP contribution in [0.5, 0.6) is 0 Å². The first-order chi connectivity index (χ1) is 9.31. The molecule has 0 spiro atoms. The minimum atomic E-state index is -0.120. The van der Waals surface area contributed by atoms with Gasteiger partial charge in [0.15, 0.2) is 0 Å². The molecule has 100 valence electrons. The second kappa shape index (κ2) is 7.19. The third-order valence-corrected chi connectivity index (χ3v) is 4.13. The molecule has 0 atom stereocenters. The van der Waals surface area contributed by atoms with Gasteiger partial charge in [0.25, 0.3) is 0 Å². The molecule has 0 heterocycles. The standard InChI is InChI=1S/C16H18O2S/c1-18-16(17)10-5-11-19-12-14-8-4-7-13-6-2-3-9-15(13)14/h2-4,6-9H,5,10-12H2,1H3. The van der Waals surface area contributed by atoms with E-state index in [2.05, 4.69) is 47.2 Å². The van der Waals surface area contributed by atoms with Crippen LogP contribution in [0, 0.1) is 0 Å². The van der Waals surface area contributed by atoms with E-state index in [0.29, 0.717) is 6.42 Å². The van der Waals surface area contributed by atoms with Gasteiger partial charge in [-0.25, -0.2) is 0 Å². The van der Waals surface area contributed by atoms with Crippen molar-refractivity contribution in [2.45, 2.75) is 18.6 Å². The number of fused-ring (bicyclic) bond motifs is 1. The maximum atomic E-state index is 11.0. The number of thioether (sulfide) groups is 1. The van der Waals surface area contributed by atoms with Gasteiger partial charge in [0.1, 0.15) is 0 Å². The number of esters is 1. The van der Waals surface area contributed by atoms with Crippen LogP contribution < -0.4 is 0 Å². The van der Waals surface area contributed by atoms with E-state index in [4.69, 9.17) is 0 Å². The van der Waals surface area contributed by atoms with E-state index in [1.54, 1.807) is 0 Å².